The van der Waals surface area contributed by atoms with Crippen molar-refractivity contribution in [2.24, 2.45) is 0 Å². The lowest BCUT2D eigenvalue weighted by atomic mass is 9.80. The van der Waals surface area contributed by atoms with Crippen molar-refractivity contribution in [1.29, 1.82) is 0 Å². The largest absolute Gasteiger partial charge is 1.00 e. The standard InChI is InChI=1S/C35H37N2.HI/c1-7-36-30(34(3,4)28-22-20-24-14-9-11-16-26(24)32(28)36)18-13-19-31-35(5,6)29-23-21-25-15-10-12-17-27(25)33(29)37(31)8-2;/h9-23H,7-8H2,1-6H3;1H/q+1;/p-1. The molecule has 0 unspecified atom stereocenters. The third-order valence-corrected chi connectivity index (χ3v) is 8.69. The van der Waals surface area contributed by atoms with Crippen LogP contribution in [0.3, 0.4) is 0 Å². The van der Waals surface area contributed by atoms with Gasteiger partial charge >= 0.3 is 0 Å². The third-order valence-electron chi connectivity index (χ3n) is 8.69. The maximum Gasteiger partial charge on any atom is 0.217 e. The summed E-state index contributed by atoms with van der Waals surface area (Å²) in [5.41, 5.74) is 8.17. The minimum absolute atomic E-state index is 0. The monoisotopic (exact) mass is 612 g/mol. The van der Waals surface area contributed by atoms with E-state index in [1.165, 1.54) is 55.5 Å². The number of halogens is 1. The molecular weight excluding hydrogens is 575 g/mol. The predicted octanol–water partition coefficient (Wildman–Crippen LogP) is 5.65. The summed E-state index contributed by atoms with van der Waals surface area (Å²) in [5, 5.41) is 5.29. The van der Waals surface area contributed by atoms with Crippen LogP contribution in [0.1, 0.15) is 52.7 Å². The average Bonchev–Trinajstić information content (AvgIpc) is 3.27. The van der Waals surface area contributed by atoms with Crippen LogP contribution in [0.4, 0.5) is 11.4 Å². The molecule has 3 heteroatoms. The molecule has 38 heavy (non-hydrogen) atoms. The van der Waals surface area contributed by atoms with E-state index in [-0.39, 0.29) is 34.8 Å². The van der Waals surface area contributed by atoms with E-state index < -0.39 is 0 Å². The van der Waals surface area contributed by atoms with Crippen molar-refractivity contribution < 1.29 is 28.6 Å². The topological polar surface area (TPSA) is 6.25 Å². The van der Waals surface area contributed by atoms with E-state index in [0.29, 0.717) is 0 Å². The van der Waals surface area contributed by atoms with E-state index in [1.54, 1.807) is 0 Å². The number of rotatable bonds is 4. The summed E-state index contributed by atoms with van der Waals surface area (Å²) in [6, 6.07) is 26.8. The highest BCUT2D eigenvalue weighted by Gasteiger charge is 2.45. The first-order valence-electron chi connectivity index (χ1n) is 13.7. The molecule has 4 aromatic rings. The third kappa shape index (κ3) is 3.77. The number of likely N-dealkylation sites (N-methyl/N-ethyl adjacent to an activating group) is 1. The lowest BCUT2D eigenvalue weighted by Gasteiger charge is -2.26. The molecule has 0 atom stereocenters. The molecule has 0 fully saturated rings. The Kier molecular flexibility index (Phi) is 6.79. The van der Waals surface area contributed by atoms with Crippen LogP contribution in [-0.2, 0) is 10.8 Å². The summed E-state index contributed by atoms with van der Waals surface area (Å²) in [7, 11) is 0. The molecule has 0 saturated heterocycles. The van der Waals surface area contributed by atoms with E-state index in [0.717, 1.165) is 13.1 Å². The van der Waals surface area contributed by atoms with Crippen molar-refractivity contribution in [3.63, 3.8) is 0 Å². The van der Waals surface area contributed by atoms with Crippen LogP contribution in [0.25, 0.3) is 21.5 Å². The van der Waals surface area contributed by atoms with Gasteiger partial charge in [0.05, 0.1) is 16.5 Å². The second kappa shape index (κ2) is 9.68. The number of allylic oxidation sites excluding steroid dienone is 4. The molecule has 0 aliphatic carbocycles. The molecule has 2 heterocycles. The fraction of sp³-hybridized carbons (Fsp3) is 0.286. The second-order valence-corrected chi connectivity index (χ2v) is 11.4. The van der Waals surface area contributed by atoms with Gasteiger partial charge in [0.2, 0.25) is 5.69 Å². The second-order valence-electron chi connectivity index (χ2n) is 11.4. The highest BCUT2D eigenvalue weighted by atomic mass is 127. The molecule has 0 saturated carbocycles. The van der Waals surface area contributed by atoms with E-state index >= 15 is 0 Å². The van der Waals surface area contributed by atoms with E-state index in [4.69, 9.17) is 0 Å². The maximum absolute atomic E-state index is 2.52. The van der Waals surface area contributed by atoms with Crippen LogP contribution >= 0.6 is 0 Å². The van der Waals surface area contributed by atoms with Gasteiger partial charge in [0.25, 0.3) is 0 Å². The van der Waals surface area contributed by atoms with Gasteiger partial charge in [0, 0.05) is 34.7 Å². The number of nitrogens with zero attached hydrogens (tertiary/aromatic N) is 2. The Morgan fingerprint density at radius 1 is 0.737 bits per heavy atom. The lowest BCUT2D eigenvalue weighted by Crippen LogP contribution is -3.00. The number of hydrogen-bond acceptors (Lipinski definition) is 1. The maximum atomic E-state index is 2.52. The van der Waals surface area contributed by atoms with Crippen molar-refractivity contribution in [3.8, 4) is 0 Å². The van der Waals surface area contributed by atoms with Crippen LogP contribution in [-0.4, -0.2) is 23.4 Å². The molecule has 0 aromatic heterocycles. The van der Waals surface area contributed by atoms with Crippen LogP contribution < -0.4 is 28.9 Å². The van der Waals surface area contributed by atoms with Gasteiger partial charge in [-0.3, -0.25) is 0 Å². The van der Waals surface area contributed by atoms with Gasteiger partial charge in [0.1, 0.15) is 6.54 Å². The van der Waals surface area contributed by atoms with Crippen molar-refractivity contribution in [1.82, 2.24) is 0 Å². The minimum Gasteiger partial charge on any atom is -1.00 e. The molecule has 0 N–H and O–H groups in total. The average molecular weight is 613 g/mol. The smallest absolute Gasteiger partial charge is 0.217 e. The van der Waals surface area contributed by atoms with Gasteiger partial charge in [-0.2, -0.15) is 4.58 Å². The lowest BCUT2D eigenvalue weighted by molar-refractivity contribution is -0.431. The zero-order chi connectivity index (χ0) is 25.9. The predicted molar refractivity (Wildman–Crippen MR) is 160 cm³/mol. The van der Waals surface area contributed by atoms with E-state index in [1.807, 2.05) is 0 Å². The summed E-state index contributed by atoms with van der Waals surface area (Å²) >= 11 is 0. The van der Waals surface area contributed by atoms with Gasteiger partial charge in [-0.25, -0.2) is 0 Å². The van der Waals surface area contributed by atoms with E-state index in [2.05, 4.69) is 142 Å². The first-order valence-corrected chi connectivity index (χ1v) is 13.7. The van der Waals surface area contributed by atoms with Gasteiger partial charge in [-0.15, -0.1) is 0 Å². The van der Waals surface area contributed by atoms with Crippen molar-refractivity contribution in [2.75, 3.05) is 18.0 Å². The number of anilines is 1. The summed E-state index contributed by atoms with van der Waals surface area (Å²) in [6.45, 7) is 15.9. The molecule has 194 valence electrons. The molecule has 2 nitrogen and oxygen atoms in total. The summed E-state index contributed by atoms with van der Waals surface area (Å²) in [5.74, 6) is 0. The number of hydrogen-bond donors (Lipinski definition) is 0. The van der Waals surface area contributed by atoms with Crippen molar-refractivity contribution in [3.05, 3.63) is 108 Å². The van der Waals surface area contributed by atoms with Crippen LogP contribution in [0.15, 0.2) is 96.7 Å². The Morgan fingerprint density at radius 2 is 1.34 bits per heavy atom. The number of fused-ring (bicyclic) bond motifs is 6. The molecule has 0 radical (unpaired) electrons. The minimum atomic E-state index is -0.0564. The van der Waals surface area contributed by atoms with Gasteiger partial charge < -0.3 is 28.9 Å². The van der Waals surface area contributed by atoms with Gasteiger partial charge in [-0.05, 0) is 56.2 Å². The fourth-order valence-corrected chi connectivity index (χ4v) is 6.78. The Hall–Kier alpha value is -2.92. The molecule has 0 amide bonds. The van der Waals surface area contributed by atoms with Crippen LogP contribution in [0.5, 0.6) is 0 Å². The molecule has 6 rings (SSSR count). The zero-order valence-corrected chi connectivity index (χ0v) is 25.5. The summed E-state index contributed by atoms with van der Waals surface area (Å²) in [6.07, 6.45) is 7.01. The Labute approximate surface area is 244 Å². The fourth-order valence-electron chi connectivity index (χ4n) is 6.78. The Balaban J connectivity index is 0.00000294. The van der Waals surface area contributed by atoms with Gasteiger partial charge in [0.15, 0.2) is 5.71 Å². The Morgan fingerprint density at radius 3 is 2.00 bits per heavy atom. The molecule has 0 bridgehead atoms. The molecular formula is C35H37IN2. The molecule has 2 aliphatic rings. The summed E-state index contributed by atoms with van der Waals surface area (Å²) in [4.78, 5) is 2.52. The quantitative estimate of drug-likeness (QED) is 0.213. The van der Waals surface area contributed by atoms with Crippen LogP contribution in [0, 0.1) is 0 Å². The summed E-state index contributed by atoms with van der Waals surface area (Å²) < 4.78 is 2.52. The SMILES string of the molecule is CCN1C(=CC=CC2=[N+](CC)c3c(ccc4ccccc34)C2(C)C)C(C)(C)c2ccc3ccccc3c21.[I-]. The van der Waals surface area contributed by atoms with Crippen LogP contribution in [0.2, 0.25) is 0 Å². The zero-order valence-electron chi connectivity index (χ0n) is 23.3. The molecule has 4 aromatic carbocycles. The normalized spacial score (nSPS) is 18.5. The van der Waals surface area contributed by atoms with Crippen molar-refractivity contribution >= 4 is 38.6 Å². The first kappa shape index (κ1) is 26.7. The molecule has 0 spiro atoms. The Bertz CT molecular complexity index is 1650. The molecule has 2 aliphatic heterocycles. The first-order chi connectivity index (χ1) is 17.8. The number of benzene rings is 4. The van der Waals surface area contributed by atoms with E-state index in [9.17, 15) is 0 Å². The van der Waals surface area contributed by atoms with Crippen molar-refractivity contribution in [2.45, 2.75) is 52.4 Å². The highest BCUT2D eigenvalue weighted by Crippen LogP contribution is 2.50. The highest BCUT2D eigenvalue weighted by molar-refractivity contribution is 6.07. The van der Waals surface area contributed by atoms with Gasteiger partial charge in [-0.1, -0.05) is 86.7 Å².